The number of hydrogen-bond donors (Lipinski definition) is 2. The number of urea groups is 1. The van der Waals surface area contributed by atoms with Crippen LogP contribution in [0.4, 0.5) is 10.5 Å². The van der Waals surface area contributed by atoms with E-state index in [0.717, 1.165) is 44.6 Å². The number of nitrogens with one attached hydrogen (secondary N) is 2. The molecule has 1 aromatic carbocycles. The van der Waals surface area contributed by atoms with Crippen LogP contribution < -0.4 is 10.6 Å². The molecule has 0 aromatic heterocycles. The average molecular weight is 445 g/mol. The Morgan fingerprint density at radius 1 is 0.906 bits per heavy atom. The van der Waals surface area contributed by atoms with Crippen LogP contribution >= 0.6 is 0 Å². The third-order valence-electron chi connectivity index (χ3n) is 5.84. The SMILES string of the molecule is O=C(N[C]1CCCCCCC1)NC1CCC(OC(=O)c2ccc([N+](=O)[O-])cc2)CC1.[CH2].[CH2]. The molecule has 0 heterocycles. The second-order valence-corrected chi connectivity index (χ2v) is 8.15. The molecule has 8 nitrogen and oxygen atoms in total. The van der Waals surface area contributed by atoms with E-state index < -0.39 is 10.9 Å². The normalized spacial score (nSPS) is 21.5. The minimum Gasteiger partial charge on any atom is -0.459 e. The molecule has 0 aliphatic heterocycles. The van der Waals surface area contributed by atoms with Gasteiger partial charge in [0.15, 0.2) is 0 Å². The lowest BCUT2D eigenvalue weighted by Crippen LogP contribution is -2.45. The van der Waals surface area contributed by atoms with Crippen LogP contribution in [-0.2, 0) is 4.74 Å². The van der Waals surface area contributed by atoms with Crippen LogP contribution in [0.25, 0.3) is 0 Å². The molecular formula is C24H34N3O5. The van der Waals surface area contributed by atoms with Crippen LogP contribution in [0, 0.1) is 31.0 Å². The fraction of sp³-hybridized carbons (Fsp3) is 0.542. The molecule has 0 atom stereocenters. The van der Waals surface area contributed by atoms with Gasteiger partial charge in [-0.2, -0.15) is 0 Å². The Bertz CT molecular complexity index is 722. The van der Waals surface area contributed by atoms with E-state index in [4.69, 9.17) is 4.74 Å². The number of nitrogens with zero attached hydrogens (tertiary/aromatic N) is 1. The second kappa shape index (κ2) is 13.7. The van der Waals surface area contributed by atoms with Crippen LogP contribution in [0.2, 0.25) is 0 Å². The number of rotatable bonds is 5. The fourth-order valence-electron chi connectivity index (χ4n) is 4.10. The van der Waals surface area contributed by atoms with Crippen LogP contribution in [0.5, 0.6) is 0 Å². The quantitative estimate of drug-likeness (QED) is 0.364. The molecule has 175 valence electrons. The van der Waals surface area contributed by atoms with Gasteiger partial charge in [-0.15, -0.1) is 0 Å². The van der Waals surface area contributed by atoms with Crippen molar-refractivity contribution in [2.75, 3.05) is 0 Å². The maximum absolute atomic E-state index is 12.3. The van der Waals surface area contributed by atoms with Crippen molar-refractivity contribution in [1.29, 1.82) is 0 Å². The van der Waals surface area contributed by atoms with Gasteiger partial charge in [0.25, 0.3) is 5.69 Å². The molecule has 2 saturated carbocycles. The Labute approximate surface area is 191 Å². The van der Waals surface area contributed by atoms with E-state index in [0.29, 0.717) is 18.4 Å². The highest BCUT2D eigenvalue weighted by molar-refractivity contribution is 5.89. The summed E-state index contributed by atoms with van der Waals surface area (Å²) >= 11 is 0. The van der Waals surface area contributed by atoms with Gasteiger partial charge in [0.1, 0.15) is 6.10 Å². The first-order valence-electron chi connectivity index (χ1n) is 10.9. The predicted molar refractivity (Wildman–Crippen MR) is 122 cm³/mol. The standard InChI is InChI=1S/C22H30N3O5.2CH2/c26-21(16-8-12-19(13-9-16)25(28)29)30-20-14-10-18(11-15-20)24-22(27)23-17-6-4-2-1-3-5-7-17;;/h8-9,12-13,18,20H,1-7,10-11,14-15H2,(H2,23,24,27);2*1H2. The minimum atomic E-state index is -0.505. The summed E-state index contributed by atoms with van der Waals surface area (Å²) in [5, 5.41) is 16.8. The molecule has 2 aliphatic rings. The second-order valence-electron chi connectivity index (χ2n) is 8.15. The third kappa shape index (κ3) is 8.48. The van der Waals surface area contributed by atoms with Gasteiger partial charge in [0, 0.05) is 18.2 Å². The Hall–Kier alpha value is -2.64. The third-order valence-corrected chi connectivity index (χ3v) is 5.84. The number of benzene rings is 1. The van der Waals surface area contributed by atoms with Crippen LogP contribution in [0.3, 0.4) is 0 Å². The van der Waals surface area contributed by atoms with E-state index in [-0.39, 0.29) is 38.7 Å². The zero-order valence-electron chi connectivity index (χ0n) is 18.6. The molecule has 0 unspecified atom stereocenters. The predicted octanol–water partition coefficient (Wildman–Crippen LogP) is 5.29. The number of nitro benzene ring substituents is 1. The molecule has 0 spiro atoms. The summed E-state index contributed by atoms with van der Waals surface area (Å²) in [6.07, 6.45) is 10.6. The number of nitro groups is 1. The largest absolute Gasteiger partial charge is 0.459 e. The Balaban J connectivity index is 0.00000256. The Morgan fingerprint density at radius 2 is 1.47 bits per heavy atom. The monoisotopic (exact) mass is 444 g/mol. The van der Waals surface area contributed by atoms with Crippen molar-refractivity contribution in [1.82, 2.24) is 10.6 Å². The maximum atomic E-state index is 12.3. The molecule has 2 fully saturated rings. The Kier molecular flexibility index (Phi) is 11.7. The van der Waals surface area contributed by atoms with Crippen molar-refractivity contribution in [2.24, 2.45) is 0 Å². The first kappa shape index (κ1) is 27.4. The molecular weight excluding hydrogens is 410 g/mol. The molecule has 0 saturated heterocycles. The topological polar surface area (TPSA) is 111 Å². The number of carbonyl (C=O) groups excluding carboxylic acids is 2. The highest BCUT2D eigenvalue weighted by Gasteiger charge is 2.26. The van der Waals surface area contributed by atoms with E-state index in [1.54, 1.807) is 0 Å². The molecule has 8 heteroatoms. The van der Waals surface area contributed by atoms with Crippen LogP contribution in [-0.4, -0.2) is 29.1 Å². The van der Waals surface area contributed by atoms with Gasteiger partial charge >= 0.3 is 12.0 Å². The zero-order chi connectivity index (χ0) is 21.3. The lowest BCUT2D eigenvalue weighted by atomic mass is 9.93. The highest BCUT2D eigenvalue weighted by atomic mass is 16.6. The Morgan fingerprint density at radius 3 is 2.03 bits per heavy atom. The summed E-state index contributed by atoms with van der Waals surface area (Å²) in [6.45, 7) is 0. The van der Waals surface area contributed by atoms with Gasteiger partial charge in [-0.25, -0.2) is 9.59 Å². The molecule has 5 radical (unpaired) electrons. The summed E-state index contributed by atoms with van der Waals surface area (Å²) in [5.41, 5.74) is 0.241. The highest BCUT2D eigenvalue weighted by Crippen LogP contribution is 2.24. The van der Waals surface area contributed by atoms with Crippen molar-refractivity contribution in [3.63, 3.8) is 0 Å². The molecule has 2 amide bonds. The van der Waals surface area contributed by atoms with Crippen molar-refractivity contribution in [3.05, 3.63) is 60.8 Å². The van der Waals surface area contributed by atoms with E-state index in [9.17, 15) is 19.7 Å². The maximum Gasteiger partial charge on any atom is 0.338 e. The van der Waals surface area contributed by atoms with E-state index in [1.807, 2.05) is 0 Å². The zero-order valence-corrected chi connectivity index (χ0v) is 18.6. The van der Waals surface area contributed by atoms with Gasteiger partial charge in [-0.3, -0.25) is 10.1 Å². The summed E-state index contributed by atoms with van der Waals surface area (Å²) in [6, 6.07) is 6.49. The fourth-order valence-corrected chi connectivity index (χ4v) is 4.10. The van der Waals surface area contributed by atoms with Crippen molar-refractivity contribution < 1.29 is 19.2 Å². The molecule has 1 aromatic rings. The van der Waals surface area contributed by atoms with Gasteiger partial charge < -0.3 is 15.4 Å². The van der Waals surface area contributed by atoms with Gasteiger partial charge in [-0.1, -0.05) is 47.0 Å². The summed E-state index contributed by atoms with van der Waals surface area (Å²) in [4.78, 5) is 34.8. The van der Waals surface area contributed by atoms with E-state index >= 15 is 0 Å². The number of ether oxygens (including phenoxy) is 1. The van der Waals surface area contributed by atoms with E-state index in [1.165, 1.54) is 43.5 Å². The number of carbonyl (C=O) groups is 2. The summed E-state index contributed by atoms with van der Waals surface area (Å²) in [5.74, 6) is -0.472. The smallest absolute Gasteiger partial charge is 0.338 e. The van der Waals surface area contributed by atoms with Crippen molar-refractivity contribution in [2.45, 2.75) is 82.8 Å². The van der Waals surface area contributed by atoms with Gasteiger partial charge in [0.2, 0.25) is 0 Å². The first-order chi connectivity index (χ1) is 14.5. The molecule has 0 bridgehead atoms. The van der Waals surface area contributed by atoms with Gasteiger partial charge in [0.05, 0.1) is 16.5 Å². The summed E-state index contributed by atoms with van der Waals surface area (Å²) in [7, 11) is 0. The summed E-state index contributed by atoms with van der Waals surface area (Å²) < 4.78 is 5.54. The van der Waals surface area contributed by atoms with Crippen LogP contribution in [0.15, 0.2) is 24.3 Å². The lowest BCUT2D eigenvalue weighted by molar-refractivity contribution is -0.384. The van der Waals surface area contributed by atoms with Crippen molar-refractivity contribution in [3.8, 4) is 0 Å². The number of non-ortho nitro benzene ring substituents is 1. The number of amides is 2. The number of esters is 1. The molecule has 3 rings (SSSR count). The minimum absolute atomic E-state index is 0. The lowest BCUT2D eigenvalue weighted by Gasteiger charge is -2.29. The first-order valence-corrected chi connectivity index (χ1v) is 10.9. The number of hydrogen-bond acceptors (Lipinski definition) is 5. The van der Waals surface area contributed by atoms with Crippen LogP contribution in [0.1, 0.15) is 81.0 Å². The molecule has 32 heavy (non-hydrogen) atoms. The molecule has 2 aliphatic carbocycles. The average Bonchev–Trinajstić information content (AvgIpc) is 2.71. The van der Waals surface area contributed by atoms with Gasteiger partial charge in [-0.05, 0) is 50.7 Å². The van der Waals surface area contributed by atoms with E-state index in [2.05, 4.69) is 10.6 Å². The molecule has 2 N–H and O–H groups in total. The van der Waals surface area contributed by atoms with Crippen molar-refractivity contribution >= 4 is 17.7 Å².